The Morgan fingerprint density at radius 3 is 2.78 bits per heavy atom. The molecule has 1 aromatic carbocycles. The maximum absolute atomic E-state index is 13.1. The monoisotopic (exact) mass is 318 g/mol. The fourth-order valence-electron chi connectivity index (χ4n) is 3.29. The normalized spacial score (nSPS) is 27.0. The molecule has 1 saturated heterocycles. The summed E-state index contributed by atoms with van der Waals surface area (Å²) in [6.07, 6.45) is 1.43. The van der Waals surface area contributed by atoms with Crippen LogP contribution < -0.4 is 5.32 Å². The van der Waals surface area contributed by atoms with Crippen molar-refractivity contribution in [3.8, 4) is 0 Å². The highest BCUT2D eigenvalue weighted by Crippen LogP contribution is 2.35. The smallest absolute Gasteiger partial charge is 0.347 e. The molecule has 2 aliphatic heterocycles. The van der Waals surface area contributed by atoms with Gasteiger partial charge >= 0.3 is 5.91 Å². The molecule has 0 aromatic heterocycles. The van der Waals surface area contributed by atoms with Gasteiger partial charge in [0.2, 0.25) is 5.91 Å². The predicted molar refractivity (Wildman–Crippen MR) is 79.7 cm³/mol. The zero-order chi connectivity index (χ0) is 16.6. The molecule has 2 N–H and O–H groups in total. The molecular weight excluding hydrogens is 300 g/mol. The van der Waals surface area contributed by atoms with Crippen LogP contribution in [0.4, 0.5) is 0 Å². The van der Waals surface area contributed by atoms with Crippen LogP contribution in [0.3, 0.4) is 0 Å². The Kier molecular flexibility index (Phi) is 4.01. The van der Waals surface area contributed by atoms with Gasteiger partial charge in [-0.2, -0.15) is 0 Å². The second-order valence-electron chi connectivity index (χ2n) is 6.04. The van der Waals surface area contributed by atoms with Crippen LogP contribution in [0, 0.1) is 5.21 Å². The predicted octanol–water partition coefficient (Wildman–Crippen LogP) is 0.385. The number of amides is 3. The second kappa shape index (κ2) is 5.84. The van der Waals surface area contributed by atoms with Gasteiger partial charge < -0.3 is 10.3 Å². The molecule has 2 unspecified atom stereocenters. The Hall–Kier alpha value is -2.09. The lowest BCUT2D eigenvalue weighted by Gasteiger charge is -2.42. The summed E-state index contributed by atoms with van der Waals surface area (Å²) in [6, 6.07) is 4.11. The van der Waals surface area contributed by atoms with Gasteiger partial charge in [0.05, 0.1) is 5.56 Å². The van der Waals surface area contributed by atoms with E-state index in [1.54, 1.807) is 18.2 Å². The van der Waals surface area contributed by atoms with E-state index in [2.05, 4.69) is 5.32 Å². The number of hydroxylamine groups is 3. The number of hydrogen-bond donors (Lipinski definition) is 2. The Morgan fingerprint density at radius 2 is 2.09 bits per heavy atom. The summed E-state index contributed by atoms with van der Waals surface area (Å²) in [4.78, 5) is 35.7. The van der Waals surface area contributed by atoms with Crippen LogP contribution in [0.5, 0.6) is 0 Å². The molecule has 23 heavy (non-hydrogen) atoms. The zero-order valence-electron chi connectivity index (χ0n) is 12.6. The maximum Gasteiger partial charge on any atom is 0.347 e. The molecule has 3 amide bonds. The first-order valence-corrected chi connectivity index (χ1v) is 7.65. The minimum atomic E-state index is -1.25. The fourth-order valence-corrected chi connectivity index (χ4v) is 3.29. The Labute approximate surface area is 133 Å². The molecule has 0 radical (unpaired) electrons. The molecule has 7 nitrogen and oxygen atoms in total. The van der Waals surface area contributed by atoms with Crippen molar-refractivity contribution in [3.63, 3.8) is 0 Å². The third-order valence-electron chi connectivity index (χ3n) is 4.49. The van der Waals surface area contributed by atoms with Gasteiger partial charge in [0.1, 0.15) is 6.54 Å². The molecule has 2 atom stereocenters. The summed E-state index contributed by atoms with van der Waals surface area (Å²) in [6.45, 7) is -0.0126. The van der Waals surface area contributed by atoms with Crippen molar-refractivity contribution in [1.29, 1.82) is 0 Å². The van der Waals surface area contributed by atoms with Gasteiger partial charge in [-0.15, -0.1) is 0 Å². The minimum absolute atomic E-state index is 0.0734. The maximum atomic E-state index is 13.1. The number of benzene rings is 1. The second-order valence-corrected chi connectivity index (χ2v) is 6.04. The average molecular weight is 318 g/mol. The molecule has 0 aliphatic carbocycles. The van der Waals surface area contributed by atoms with E-state index in [-0.39, 0.29) is 26.0 Å². The summed E-state index contributed by atoms with van der Waals surface area (Å²) < 4.78 is -1.25. The first-order valence-electron chi connectivity index (χ1n) is 7.65. The first kappa shape index (κ1) is 15.8. The van der Waals surface area contributed by atoms with Gasteiger partial charge in [0.15, 0.2) is 6.04 Å². The quantitative estimate of drug-likeness (QED) is 0.474. The van der Waals surface area contributed by atoms with Crippen LogP contribution in [0.15, 0.2) is 18.2 Å². The number of quaternary nitrogens is 1. The van der Waals surface area contributed by atoms with Gasteiger partial charge in [-0.1, -0.05) is 6.07 Å². The van der Waals surface area contributed by atoms with Gasteiger partial charge in [-0.05, 0) is 30.5 Å². The van der Waals surface area contributed by atoms with Crippen LogP contribution in [0.1, 0.15) is 40.7 Å². The molecule has 122 valence electrons. The third kappa shape index (κ3) is 2.67. The number of imide groups is 1. The van der Waals surface area contributed by atoms with Gasteiger partial charge in [-0.3, -0.25) is 19.6 Å². The Balaban J connectivity index is 1.87. The highest BCUT2D eigenvalue weighted by Gasteiger charge is 2.49. The topological polar surface area (TPSA) is 107 Å². The molecule has 1 fully saturated rings. The molecule has 2 aliphatic rings. The zero-order valence-corrected chi connectivity index (χ0v) is 12.6. The number of nitrogens with zero attached hydrogens (tertiary/aromatic N) is 1. The van der Waals surface area contributed by atoms with Crippen molar-refractivity contribution in [2.24, 2.45) is 0 Å². The fraction of sp³-hybridized carbons (Fsp3) is 0.438. The van der Waals surface area contributed by atoms with Crippen molar-refractivity contribution >= 4 is 17.7 Å². The first-order chi connectivity index (χ1) is 11.0. The molecule has 7 heteroatoms. The van der Waals surface area contributed by atoms with Crippen molar-refractivity contribution < 1.29 is 24.1 Å². The molecule has 0 saturated carbocycles. The number of nitrogens with one attached hydrogen (secondary N) is 1. The number of rotatable bonds is 4. The number of aryl methyl sites for hydroxylation is 1. The van der Waals surface area contributed by atoms with Crippen molar-refractivity contribution in [2.75, 3.05) is 6.61 Å². The summed E-state index contributed by atoms with van der Waals surface area (Å²) in [5, 5.41) is 24.1. The van der Waals surface area contributed by atoms with E-state index in [0.29, 0.717) is 24.0 Å². The van der Waals surface area contributed by atoms with E-state index >= 15 is 0 Å². The highest BCUT2D eigenvalue weighted by molar-refractivity contribution is 6.02. The van der Waals surface area contributed by atoms with Gasteiger partial charge in [0.25, 0.3) is 5.91 Å². The number of fused-ring (bicyclic) bond motifs is 1. The standard InChI is InChI=1S/C16H18N2O5/c19-7-1-2-10-3-4-12-11(8-10)9-18(23,16(12)22)13-5-6-14(20)17-15(13)21/h3-4,8,13,19H,1-2,5-7,9H2,(H,17,20,21). The molecule has 0 spiro atoms. The number of piperidine rings is 1. The number of hydrogen-bond acceptors (Lipinski definition) is 5. The average Bonchev–Trinajstić information content (AvgIpc) is 2.76. The lowest BCUT2D eigenvalue weighted by atomic mass is 10.0. The molecule has 2 heterocycles. The Morgan fingerprint density at radius 1 is 1.30 bits per heavy atom. The third-order valence-corrected chi connectivity index (χ3v) is 4.49. The van der Waals surface area contributed by atoms with Crippen molar-refractivity contribution in [1.82, 2.24) is 5.32 Å². The molecule has 0 bridgehead atoms. The van der Waals surface area contributed by atoms with E-state index in [4.69, 9.17) is 5.11 Å². The van der Waals surface area contributed by atoms with Crippen molar-refractivity contribution in [3.05, 3.63) is 40.1 Å². The van der Waals surface area contributed by atoms with E-state index < -0.39 is 28.4 Å². The van der Waals surface area contributed by atoms with Crippen molar-refractivity contribution in [2.45, 2.75) is 38.3 Å². The minimum Gasteiger partial charge on any atom is -0.624 e. The number of carbonyl (C=O) groups is 3. The number of aliphatic hydroxyl groups excluding tert-OH is 1. The Bertz CT molecular complexity index is 687. The van der Waals surface area contributed by atoms with Crippen LogP contribution in [0.25, 0.3) is 0 Å². The lowest BCUT2D eigenvalue weighted by molar-refractivity contribution is -0.825. The SMILES string of the molecule is O=C1CCC([N+]2([O-])Cc3cc(CCCO)ccc3C2=O)C(=O)N1. The van der Waals surface area contributed by atoms with Crippen LogP contribution in [0.2, 0.25) is 0 Å². The largest absolute Gasteiger partial charge is 0.624 e. The summed E-state index contributed by atoms with van der Waals surface area (Å²) in [5.41, 5.74) is 1.92. The number of aliphatic hydroxyl groups is 1. The lowest BCUT2D eigenvalue weighted by Crippen LogP contribution is -2.60. The summed E-state index contributed by atoms with van der Waals surface area (Å²) in [5.74, 6) is -1.70. The van der Waals surface area contributed by atoms with E-state index in [1.165, 1.54) is 0 Å². The van der Waals surface area contributed by atoms with E-state index in [9.17, 15) is 19.6 Å². The molecular formula is C16H18N2O5. The van der Waals surface area contributed by atoms with E-state index in [0.717, 1.165) is 5.56 Å². The van der Waals surface area contributed by atoms with E-state index in [1.807, 2.05) is 0 Å². The summed E-state index contributed by atoms with van der Waals surface area (Å²) >= 11 is 0. The van der Waals surface area contributed by atoms with Gasteiger partial charge in [0, 0.05) is 25.0 Å². The van der Waals surface area contributed by atoms with Crippen LogP contribution >= 0.6 is 0 Å². The summed E-state index contributed by atoms with van der Waals surface area (Å²) in [7, 11) is 0. The molecule has 3 rings (SSSR count). The van der Waals surface area contributed by atoms with Crippen LogP contribution in [-0.4, -0.2) is 40.1 Å². The van der Waals surface area contributed by atoms with Crippen LogP contribution in [-0.2, 0) is 22.6 Å². The number of carbonyl (C=O) groups excluding carboxylic acids is 3. The van der Waals surface area contributed by atoms with Gasteiger partial charge in [-0.25, -0.2) is 4.79 Å². The molecule has 1 aromatic rings. The highest BCUT2D eigenvalue weighted by atomic mass is 16.6.